The zero-order valence-corrected chi connectivity index (χ0v) is 10.7. The van der Waals surface area contributed by atoms with Gasteiger partial charge in [0, 0.05) is 12.6 Å². The quantitative estimate of drug-likeness (QED) is 0.706. The van der Waals surface area contributed by atoms with E-state index in [1.165, 1.54) is 11.1 Å². The molecule has 1 atom stereocenters. The molecule has 5 heteroatoms. The Morgan fingerprint density at radius 2 is 1.84 bits per heavy atom. The van der Waals surface area contributed by atoms with E-state index in [2.05, 4.69) is 22.8 Å². The maximum absolute atomic E-state index is 11.5. The van der Waals surface area contributed by atoms with E-state index < -0.39 is 0 Å². The minimum absolute atomic E-state index is 0.140. The molecule has 2 N–H and O–H groups in total. The number of piperazine rings is 1. The van der Waals surface area contributed by atoms with Crippen molar-refractivity contribution in [2.75, 3.05) is 19.6 Å². The molecule has 1 saturated heterocycles. The summed E-state index contributed by atoms with van der Waals surface area (Å²) in [5, 5.41) is 5.74. The molecule has 2 aliphatic rings. The minimum Gasteiger partial charge on any atom is -0.313 e. The normalized spacial score (nSPS) is 24.5. The van der Waals surface area contributed by atoms with E-state index in [1.807, 2.05) is 17.0 Å². The molecule has 0 aromatic heterocycles. The van der Waals surface area contributed by atoms with Crippen LogP contribution in [0, 0.1) is 0 Å². The van der Waals surface area contributed by atoms with Crippen LogP contribution in [0.25, 0.3) is 0 Å². The number of benzene rings is 1. The highest BCUT2D eigenvalue weighted by molar-refractivity contribution is 5.99. The van der Waals surface area contributed by atoms with Crippen LogP contribution in [0.1, 0.15) is 23.6 Å². The van der Waals surface area contributed by atoms with Gasteiger partial charge in [-0.1, -0.05) is 24.3 Å². The first-order valence-electron chi connectivity index (χ1n) is 6.59. The van der Waals surface area contributed by atoms with Crippen LogP contribution in [0.2, 0.25) is 0 Å². The van der Waals surface area contributed by atoms with Gasteiger partial charge in [0.05, 0.1) is 13.1 Å². The van der Waals surface area contributed by atoms with E-state index in [-0.39, 0.29) is 17.9 Å². The number of nitrogens with zero attached hydrogens (tertiary/aromatic N) is 1. The molecule has 2 heterocycles. The molecule has 1 unspecified atom stereocenters. The molecule has 2 aliphatic heterocycles. The Bertz CT molecular complexity index is 499. The van der Waals surface area contributed by atoms with Gasteiger partial charge >= 0.3 is 0 Å². The average Bonchev–Trinajstić information content (AvgIpc) is 2.59. The summed E-state index contributed by atoms with van der Waals surface area (Å²) in [4.78, 5) is 25.0. The summed E-state index contributed by atoms with van der Waals surface area (Å²) in [5.41, 5.74) is 2.48. The summed E-state index contributed by atoms with van der Waals surface area (Å²) in [6, 6.07) is 8.39. The second kappa shape index (κ2) is 5.11. The van der Waals surface area contributed by atoms with E-state index in [9.17, 15) is 9.59 Å². The molecule has 1 fully saturated rings. The van der Waals surface area contributed by atoms with Crippen LogP contribution in [-0.2, 0) is 16.1 Å². The topological polar surface area (TPSA) is 61.4 Å². The molecule has 0 spiro atoms. The summed E-state index contributed by atoms with van der Waals surface area (Å²) in [5.74, 6) is -0.406. The van der Waals surface area contributed by atoms with Crippen molar-refractivity contribution in [1.82, 2.24) is 15.5 Å². The van der Waals surface area contributed by atoms with Crippen LogP contribution in [0.3, 0.4) is 0 Å². The highest BCUT2D eigenvalue weighted by atomic mass is 16.2. The maximum Gasteiger partial charge on any atom is 0.240 e. The van der Waals surface area contributed by atoms with Crippen molar-refractivity contribution in [3.05, 3.63) is 35.4 Å². The molecule has 0 bridgehead atoms. The number of nitrogens with one attached hydrogen (secondary N) is 2. The van der Waals surface area contributed by atoms with Crippen molar-refractivity contribution >= 4 is 11.8 Å². The molecule has 3 rings (SSSR count). The molecule has 5 nitrogen and oxygen atoms in total. The second-order valence-corrected chi connectivity index (χ2v) is 5.06. The van der Waals surface area contributed by atoms with Gasteiger partial charge in [0.25, 0.3) is 0 Å². The van der Waals surface area contributed by atoms with Gasteiger partial charge in [0.2, 0.25) is 11.8 Å². The van der Waals surface area contributed by atoms with Crippen LogP contribution in [0.4, 0.5) is 0 Å². The van der Waals surface area contributed by atoms with Crippen molar-refractivity contribution in [3.8, 4) is 0 Å². The van der Waals surface area contributed by atoms with Crippen LogP contribution in [0.15, 0.2) is 24.3 Å². The molecule has 0 radical (unpaired) electrons. The molecule has 1 aromatic carbocycles. The fourth-order valence-electron chi connectivity index (χ4n) is 2.90. The van der Waals surface area contributed by atoms with Gasteiger partial charge < -0.3 is 5.32 Å². The third-order valence-electron chi connectivity index (χ3n) is 3.74. The van der Waals surface area contributed by atoms with Crippen LogP contribution in [-0.4, -0.2) is 36.3 Å². The lowest BCUT2D eigenvalue weighted by atomic mass is 9.97. The van der Waals surface area contributed by atoms with E-state index in [4.69, 9.17) is 0 Å². The van der Waals surface area contributed by atoms with Crippen molar-refractivity contribution < 1.29 is 9.59 Å². The number of hydrogen-bond acceptors (Lipinski definition) is 4. The van der Waals surface area contributed by atoms with Crippen molar-refractivity contribution in [2.24, 2.45) is 0 Å². The van der Waals surface area contributed by atoms with Gasteiger partial charge in [-0.2, -0.15) is 0 Å². The molecule has 0 saturated carbocycles. The number of imide groups is 1. The van der Waals surface area contributed by atoms with E-state index in [0.29, 0.717) is 13.1 Å². The van der Waals surface area contributed by atoms with Gasteiger partial charge in [-0.25, -0.2) is 0 Å². The van der Waals surface area contributed by atoms with Crippen LogP contribution >= 0.6 is 0 Å². The number of carbonyl (C=O) groups excluding carboxylic acids is 2. The molecular formula is C14H17N3O2. The summed E-state index contributed by atoms with van der Waals surface area (Å²) in [6.45, 7) is 2.34. The number of rotatable bonds is 1. The lowest BCUT2D eigenvalue weighted by Crippen LogP contribution is -2.52. The average molecular weight is 259 g/mol. The SMILES string of the molecule is O=C1CN(C2CCNCc3ccccc32)CC(=O)N1. The van der Waals surface area contributed by atoms with E-state index in [0.717, 1.165) is 19.5 Å². The first kappa shape index (κ1) is 12.3. The fourth-order valence-corrected chi connectivity index (χ4v) is 2.90. The van der Waals surface area contributed by atoms with E-state index in [1.54, 1.807) is 0 Å². The monoisotopic (exact) mass is 259 g/mol. The van der Waals surface area contributed by atoms with Crippen molar-refractivity contribution in [3.63, 3.8) is 0 Å². The predicted molar refractivity (Wildman–Crippen MR) is 70.2 cm³/mol. The van der Waals surface area contributed by atoms with Gasteiger partial charge in [-0.15, -0.1) is 0 Å². The van der Waals surface area contributed by atoms with Crippen LogP contribution < -0.4 is 10.6 Å². The van der Waals surface area contributed by atoms with Crippen molar-refractivity contribution in [1.29, 1.82) is 0 Å². The molecule has 2 amide bonds. The Balaban J connectivity index is 1.91. The summed E-state index contributed by atoms with van der Waals surface area (Å²) in [7, 11) is 0. The summed E-state index contributed by atoms with van der Waals surface area (Å²) < 4.78 is 0. The van der Waals surface area contributed by atoms with Gasteiger partial charge in [-0.05, 0) is 24.1 Å². The number of carbonyl (C=O) groups is 2. The zero-order chi connectivity index (χ0) is 13.2. The maximum atomic E-state index is 11.5. The van der Waals surface area contributed by atoms with E-state index >= 15 is 0 Å². The largest absolute Gasteiger partial charge is 0.313 e. The number of amides is 2. The molecule has 100 valence electrons. The smallest absolute Gasteiger partial charge is 0.240 e. The second-order valence-electron chi connectivity index (χ2n) is 5.06. The number of hydrogen-bond donors (Lipinski definition) is 2. The number of fused-ring (bicyclic) bond motifs is 1. The predicted octanol–water partition coefficient (Wildman–Crippen LogP) is 0.179. The lowest BCUT2D eigenvalue weighted by Gasteiger charge is -2.33. The Hall–Kier alpha value is -1.72. The zero-order valence-electron chi connectivity index (χ0n) is 10.7. The Labute approximate surface area is 112 Å². The molecule has 19 heavy (non-hydrogen) atoms. The van der Waals surface area contributed by atoms with Gasteiger partial charge in [-0.3, -0.25) is 19.8 Å². The van der Waals surface area contributed by atoms with Crippen molar-refractivity contribution in [2.45, 2.75) is 19.0 Å². The Kier molecular flexibility index (Phi) is 3.31. The molecular weight excluding hydrogens is 242 g/mol. The summed E-state index contributed by atoms with van der Waals surface area (Å²) >= 11 is 0. The first-order chi connectivity index (χ1) is 9.24. The Morgan fingerprint density at radius 3 is 2.63 bits per heavy atom. The first-order valence-corrected chi connectivity index (χ1v) is 6.59. The van der Waals surface area contributed by atoms with Crippen LogP contribution in [0.5, 0.6) is 0 Å². The highest BCUT2D eigenvalue weighted by Gasteiger charge is 2.30. The third-order valence-corrected chi connectivity index (χ3v) is 3.74. The highest BCUT2D eigenvalue weighted by Crippen LogP contribution is 2.29. The lowest BCUT2D eigenvalue weighted by molar-refractivity contribution is -0.137. The third kappa shape index (κ3) is 2.52. The van der Waals surface area contributed by atoms with Gasteiger partial charge in [0.15, 0.2) is 0 Å². The fraction of sp³-hybridized carbons (Fsp3) is 0.429. The molecule has 1 aromatic rings. The summed E-state index contributed by atoms with van der Waals surface area (Å²) in [6.07, 6.45) is 0.914. The minimum atomic E-state index is -0.203. The molecule has 0 aliphatic carbocycles. The van der Waals surface area contributed by atoms with Gasteiger partial charge in [0.1, 0.15) is 0 Å². The Morgan fingerprint density at radius 1 is 1.11 bits per heavy atom. The standard InChI is InChI=1S/C14H17N3O2/c18-13-8-17(9-14(19)16-13)12-5-6-15-7-10-3-1-2-4-11(10)12/h1-4,12,15H,5-9H2,(H,16,18,19).